The van der Waals surface area contributed by atoms with Gasteiger partial charge in [0.2, 0.25) is 0 Å². The van der Waals surface area contributed by atoms with Gasteiger partial charge in [-0.05, 0) is 42.2 Å². The fourth-order valence-electron chi connectivity index (χ4n) is 2.23. The average Bonchev–Trinajstić information content (AvgIpc) is 2.54. The predicted molar refractivity (Wildman–Crippen MR) is 93.2 cm³/mol. The Bertz CT molecular complexity index is 737. The molecule has 0 saturated carbocycles. The summed E-state index contributed by atoms with van der Waals surface area (Å²) in [5, 5.41) is 8.91. The Kier molecular flexibility index (Phi) is 5.94. The first-order valence-electron chi connectivity index (χ1n) is 7.73. The topological polar surface area (TPSA) is 83.8 Å². The monoisotopic (exact) mass is 348 g/mol. The van der Waals surface area contributed by atoms with Gasteiger partial charge in [0.25, 0.3) is 0 Å². The molecule has 2 rings (SSSR count). The van der Waals surface area contributed by atoms with Crippen LogP contribution >= 0.6 is 7.60 Å². The van der Waals surface area contributed by atoms with Crippen molar-refractivity contribution in [1.82, 2.24) is 0 Å². The molecule has 0 aliphatic rings. The largest absolute Gasteiger partial charge is 0.478 e. The smallest absolute Gasteiger partial charge is 0.335 e. The molecule has 128 valence electrons. The molecule has 0 heterocycles. The Morgan fingerprint density at radius 2 is 1.58 bits per heavy atom. The molecule has 0 radical (unpaired) electrons. The molecule has 2 aromatic carbocycles. The minimum Gasteiger partial charge on any atom is -0.478 e. The van der Waals surface area contributed by atoms with E-state index in [1.165, 1.54) is 0 Å². The van der Waals surface area contributed by atoms with E-state index in [4.69, 9.17) is 9.63 Å². The highest BCUT2D eigenvalue weighted by molar-refractivity contribution is 7.51. The summed E-state index contributed by atoms with van der Waals surface area (Å²) in [6.45, 7) is 3.67. The van der Waals surface area contributed by atoms with Crippen LogP contribution in [0.15, 0.2) is 48.5 Å². The fraction of sp³-hybridized carbons (Fsp3) is 0.278. The summed E-state index contributed by atoms with van der Waals surface area (Å²) in [6, 6.07) is 13.8. The van der Waals surface area contributed by atoms with Gasteiger partial charge in [0, 0.05) is 0 Å². The van der Waals surface area contributed by atoms with E-state index in [9.17, 15) is 14.3 Å². The summed E-state index contributed by atoms with van der Waals surface area (Å²) in [5.41, 5.74) is 2.75. The molecule has 24 heavy (non-hydrogen) atoms. The third kappa shape index (κ3) is 5.03. The first-order chi connectivity index (χ1) is 11.3. The lowest BCUT2D eigenvalue weighted by molar-refractivity contribution is 0.0697. The maximum atomic E-state index is 12.1. The molecular formula is C18H21O5P. The second-order valence-electron chi connectivity index (χ2n) is 5.70. The second kappa shape index (κ2) is 7.75. The van der Waals surface area contributed by atoms with Gasteiger partial charge in [0.1, 0.15) is 0 Å². The van der Waals surface area contributed by atoms with Gasteiger partial charge >= 0.3 is 13.6 Å². The molecule has 0 saturated heterocycles. The van der Waals surface area contributed by atoms with Crippen molar-refractivity contribution in [2.45, 2.75) is 32.5 Å². The van der Waals surface area contributed by atoms with Gasteiger partial charge in [0.05, 0.1) is 17.8 Å². The number of carboxylic acids is 1. The molecule has 2 N–H and O–H groups in total. The van der Waals surface area contributed by atoms with Crippen LogP contribution in [0.5, 0.6) is 0 Å². The number of aromatic carboxylic acids is 1. The van der Waals surface area contributed by atoms with Crippen molar-refractivity contribution in [2.24, 2.45) is 0 Å². The molecule has 5 nitrogen and oxygen atoms in total. The molecule has 6 heteroatoms. The van der Waals surface area contributed by atoms with E-state index in [0.29, 0.717) is 6.42 Å². The Labute approximate surface area is 141 Å². The molecule has 2 unspecified atom stereocenters. The van der Waals surface area contributed by atoms with Crippen LogP contribution in [0.4, 0.5) is 0 Å². The van der Waals surface area contributed by atoms with E-state index in [1.54, 1.807) is 43.3 Å². The van der Waals surface area contributed by atoms with Crippen molar-refractivity contribution in [3.63, 3.8) is 0 Å². The van der Waals surface area contributed by atoms with Crippen molar-refractivity contribution in [2.75, 3.05) is 0 Å². The van der Waals surface area contributed by atoms with E-state index in [2.05, 4.69) is 0 Å². The number of hydrogen-bond acceptors (Lipinski definition) is 3. The number of carboxylic acid groups (broad SMARTS) is 1. The minimum atomic E-state index is -3.66. The standard InChI is InChI=1S/C18H21O5P/c1-3-13(2)23-24(21,22)12-14-4-6-15(7-5-14)16-8-10-17(11-9-16)18(19)20/h4-11,13H,3,12H2,1-2H3,(H,19,20)(H,21,22). The van der Waals surface area contributed by atoms with Crippen LogP contribution in [-0.2, 0) is 15.3 Å². The van der Waals surface area contributed by atoms with Gasteiger partial charge in [0.15, 0.2) is 0 Å². The highest BCUT2D eigenvalue weighted by Gasteiger charge is 2.22. The van der Waals surface area contributed by atoms with E-state index >= 15 is 0 Å². The third-order valence-corrected chi connectivity index (χ3v) is 5.18. The van der Waals surface area contributed by atoms with Crippen molar-refractivity contribution >= 4 is 13.6 Å². The fourth-order valence-corrected chi connectivity index (χ4v) is 3.69. The third-order valence-electron chi connectivity index (χ3n) is 3.72. The van der Waals surface area contributed by atoms with Gasteiger partial charge in [-0.2, -0.15) is 0 Å². The van der Waals surface area contributed by atoms with Gasteiger partial charge in [-0.3, -0.25) is 4.57 Å². The Morgan fingerprint density at radius 1 is 1.08 bits per heavy atom. The predicted octanol–water partition coefficient (Wildman–Crippen LogP) is 4.55. The maximum Gasteiger partial charge on any atom is 0.335 e. The first-order valence-corrected chi connectivity index (χ1v) is 9.50. The maximum absolute atomic E-state index is 12.1. The molecule has 0 aliphatic carbocycles. The average molecular weight is 348 g/mol. The molecule has 0 bridgehead atoms. The highest BCUT2D eigenvalue weighted by atomic mass is 31.2. The van der Waals surface area contributed by atoms with Crippen LogP contribution in [0.3, 0.4) is 0 Å². The summed E-state index contributed by atoms with van der Waals surface area (Å²) in [4.78, 5) is 20.8. The van der Waals surface area contributed by atoms with Gasteiger partial charge in [-0.15, -0.1) is 0 Å². The number of rotatable bonds is 7. The quantitative estimate of drug-likeness (QED) is 0.717. The number of hydrogen-bond donors (Lipinski definition) is 2. The zero-order chi connectivity index (χ0) is 17.7. The second-order valence-corrected chi connectivity index (χ2v) is 7.50. The lowest BCUT2D eigenvalue weighted by atomic mass is 10.0. The molecule has 0 aliphatic heterocycles. The number of benzene rings is 2. The zero-order valence-electron chi connectivity index (χ0n) is 13.7. The summed E-state index contributed by atoms with van der Waals surface area (Å²) in [5.74, 6) is -0.961. The highest BCUT2D eigenvalue weighted by Crippen LogP contribution is 2.47. The van der Waals surface area contributed by atoms with Gasteiger partial charge in [-0.1, -0.05) is 43.3 Å². The molecule has 0 spiro atoms. The van der Waals surface area contributed by atoms with Crippen molar-refractivity contribution in [1.29, 1.82) is 0 Å². The van der Waals surface area contributed by atoms with Gasteiger partial charge < -0.3 is 14.5 Å². The zero-order valence-corrected chi connectivity index (χ0v) is 14.6. The molecule has 0 amide bonds. The lowest BCUT2D eigenvalue weighted by Gasteiger charge is -2.16. The van der Waals surface area contributed by atoms with E-state index in [0.717, 1.165) is 16.7 Å². The van der Waals surface area contributed by atoms with E-state index in [-0.39, 0.29) is 17.8 Å². The SMILES string of the molecule is CCC(C)OP(=O)(O)Cc1ccc(-c2ccc(C(=O)O)cc2)cc1. The van der Waals surface area contributed by atoms with E-state index < -0.39 is 13.6 Å². The van der Waals surface area contributed by atoms with Crippen LogP contribution in [-0.4, -0.2) is 22.1 Å². The molecule has 0 fully saturated rings. The Balaban J connectivity index is 2.10. The van der Waals surface area contributed by atoms with Crippen LogP contribution in [0.25, 0.3) is 11.1 Å². The van der Waals surface area contributed by atoms with Crippen LogP contribution < -0.4 is 0 Å². The van der Waals surface area contributed by atoms with E-state index in [1.807, 2.05) is 19.1 Å². The Hall–Kier alpha value is -1.94. The Morgan fingerprint density at radius 3 is 2.04 bits per heavy atom. The number of carbonyl (C=O) groups is 1. The normalized spacial score (nSPS) is 14.8. The minimum absolute atomic E-state index is 0.0322. The summed E-state index contributed by atoms with van der Waals surface area (Å²) in [6.07, 6.45) is 0.388. The molecular weight excluding hydrogens is 327 g/mol. The summed E-state index contributed by atoms with van der Waals surface area (Å²) >= 11 is 0. The van der Waals surface area contributed by atoms with Gasteiger partial charge in [-0.25, -0.2) is 4.79 Å². The van der Waals surface area contributed by atoms with Crippen molar-refractivity contribution in [3.05, 3.63) is 59.7 Å². The van der Waals surface area contributed by atoms with Crippen LogP contribution in [0.2, 0.25) is 0 Å². The lowest BCUT2D eigenvalue weighted by Crippen LogP contribution is -2.05. The molecule has 2 aromatic rings. The van der Waals surface area contributed by atoms with Crippen LogP contribution in [0.1, 0.15) is 36.2 Å². The molecule has 2 atom stereocenters. The van der Waals surface area contributed by atoms with Crippen molar-refractivity contribution < 1.29 is 23.9 Å². The first kappa shape index (κ1) is 18.4. The van der Waals surface area contributed by atoms with Crippen molar-refractivity contribution in [3.8, 4) is 11.1 Å². The summed E-state index contributed by atoms with van der Waals surface area (Å²) in [7, 11) is -3.66. The molecule has 0 aromatic heterocycles. The van der Waals surface area contributed by atoms with Crippen LogP contribution in [0, 0.1) is 0 Å². The summed E-state index contributed by atoms with van der Waals surface area (Å²) < 4.78 is 17.3.